The van der Waals surface area contributed by atoms with Crippen molar-refractivity contribution in [1.82, 2.24) is 15.1 Å². The molecule has 0 bridgehead atoms. The molecule has 1 aliphatic heterocycles. The lowest BCUT2D eigenvalue weighted by Crippen LogP contribution is -2.35. The molecule has 1 N–H and O–H groups in total. The van der Waals surface area contributed by atoms with E-state index in [1.54, 1.807) is 0 Å². The standard InChI is InChI=1S/C22H36N6O2/c1-22(2,3)30-21(29)23-14-8-7-9-15-28-17-16-27(6)20(28)25-24-18-10-12-19(13-11-18)26(4)5/h10-13,16-17,20H,7-9,14-15H2,1-6H3,(H,23,29). The van der Waals surface area contributed by atoms with Crippen molar-refractivity contribution in [3.8, 4) is 0 Å². The molecule has 2 rings (SSSR count). The van der Waals surface area contributed by atoms with Gasteiger partial charge in [-0.25, -0.2) is 4.79 Å². The SMILES string of the molecule is CN(C)c1ccc(N=NC2N(C)C=CN2CCCCCNC(=O)OC(C)(C)C)cc1. The quantitative estimate of drug-likeness (QED) is 0.473. The van der Waals surface area contributed by atoms with Crippen LogP contribution < -0.4 is 10.2 Å². The highest BCUT2D eigenvalue weighted by Crippen LogP contribution is 2.22. The normalized spacial score (nSPS) is 16.4. The molecule has 0 spiro atoms. The molecule has 1 atom stereocenters. The summed E-state index contributed by atoms with van der Waals surface area (Å²) in [6.07, 6.45) is 6.53. The number of carbonyl (C=O) groups excluding carboxylic acids is 1. The van der Waals surface area contributed by atoms with Crippen LogP contribution in [0.2, 0.25) is 0 Å². The van der Waals surface area contributed by atoms with Crippen LogP contribution in [0.4, 0.5) is 16.2 Å². The molecule has 1 aliphatic rings. The fourth-order valence-corrected chi connectivity index (χ4v) is 2.95. The van der Waals surface area contributed by atoms with E-state index < -0.39 is 5.60 Å². The number of rotatable bonds is 9. The van der Waals surface area contributed by atoms with Crippen LogP contribution in [0.1, 0.15) is 40.0 Å². The van der Waals surface area contributed by atoms with E-state index in [1.807, 2.05) is 77.3 Å². The van der Waals surface area contributed by atoms with Gasteiger partial charge in [0.05, 0.1) is 5.69 Å². The average Bonchev–Trinajstić information content (AvgIpc) is 3.01. The number of anilines is 1. The van der Waals surface area contributed by atoms with Gasteiger partial charge in [0.25, 0.3) is 0 Å². The highest BCUT2D eigenvalue weighted by molar-refractivity contribution is 5.67. The molecule has 0 saturated carbocycles. The van der Waals surface area contributed by atoms with Crippen molar-refractivity contribution in [1.29, 1.82) is 0 Å². The van der Waals surface area contributed by atoms with Crippen LogP contribution in [-0.2, 0) is 4.74 Å². The van der Waals surface area contributed by atoms with Crippen molar-refractivity contribution in [2.45, 2.75) is 51.9 Å². The first-order valence-electron chi connectivity index (χ1n) is 10.5. The Morgan fingerprint density at radius 1 is 1.13 bits per heavy atom. The molecule has 1 heterocycles. The summed E-state index contributed by atoms with van der Waals surface area (Å²) in [6.45, 7) is 7.09. The lowest BCUT2D eigenvalue weighted by Gasteiger charge is -2.25. The van der Waals surface area contributed by atoms with Gasteiger partial charge in [-0.3, -0.25) is 0 Å². The van der Waals surface area contributed by atoms with Crippen LogP contribution in [0.3, 0.4) is 0 Å². The molecule has 1 aromatic carbocycles. The molecule has 0 aliphatic carbocycles. The Bertz CT molecular complexity index is 724. The van der Waals surface area contributed by atoms with E-state index in [-0.39, 0.29) is 12.4 Å². The maximum Gasteiger partial charge on any atom is 0.407 e. The number of amides is 1. The molecule has 0 fully saturated rings. The van der Waals surface area contributed by atoms with Crippen molar-refractivity contribution in [2.24, 2.45) is 10.2 Å². The fourth-order valence-electron chi connectivity index (χ4n) is 2.95. The number of benzene rings is 1. The van der Waals surface area contributed by atoms with E-state index in [4.69, 9.17) is 4.74 Å². The smallest absolute Gasteiger partial charge is 0.407 e. The third kappa shape index (κ3) is 7.93. The summed E-state index contributed by atoms with van der Waals surface area (Å²) in [5, 5.41) is 11.7. The molecule has 30 heavy (non-hydrogen) atoms. The first kappa shape index (κ1) is 23.5. The van der Waals surface area contributed by atoms with Crippen LogP contribution >= 0.6 is 0 Å². The Kier molecular flexibility index (Phi) is 8.50. The topological polar surface area (TPSA) is 72.8 Å². The van der Waals surface area contributed by atoms with Gasteiger partial charge < -0.3 is 24.8 Å². The molecule has 1 amide bonds. The average molecular weight is 417 g/mol. The lowest BCUT2D eigenvalue weighted by molar-refractivity contribution is 0.0527. The molecule has 166 valence electrons. The Labute approximate surface area is 180 Å². The van der Waals surface area contributed by atoms with Crippen molar-refractivity contribution in [2.75, 3.05) is 39.1 Å². The first-order chi connectivity index (χ1) is 14.2. The van der Waals surface area contributed by atoms with Crippen LogP contribution in [0, 0.1) is 0 Å². The number of nitrogens with zero attached hydrogens (tertiary/aromatic N) is 5. The van der Waals surface area contributed by atoms with Gasteiger partial charge in [-0.05, 0) is 64.3 Å². The van der Waals surface area contributed by atoms with Gasteiger partial charge in [0.1, 0.15) is 5.60 Å². The summed E-state index contributed by atoms with van der Waals surface area (Å²) in [7, 11) is 6.03. The minimum absolute atomic E-state index is 0.126. The molecule has 1 unspecified atom stereocenters. The van der Waals surface area contributed by atoms with Crippen LogP contribution in [0.5, 0.6) is 0 Å². The van der Waals surface area contributed by atoms with Gasteiger partial charge in [0, 0.05) is 52.3 Å². The molecule has 0 radical (unpaired) electrons. The molecule has 0 aromatic heterocycles. The van der Waals surface area contributed by atoms with E-state index in [2.05, 4.69) is 31.5 Å². The summed E-state index contributed by atoms with van der Waals surface area (Å²) in [5.74, 6) is 0. The van der Waals surface area contributed by atoms with Gasteiger partial charge in [-0.15, -0.1) is 5.11 Å². The zero-order valence-corrected chi connectivity index (χ0v) is 19.1. The number of azo groups is 1. The molecular formula is C22H36N6O2. The van der Waals surface area contributed by atoms with Crippen molar-refractivity contribution >= 4 is 17.5 Å². The van der Waals surface area contributed by atoms with E-state index in [1.165, 1.54) is 0 Å². The number of carbonyl (C=O) groups is 1. The predicted molar refractivity (Wildman–Crippen MR) is 121 cm³/mol. The third-order valence-corrected chi connectivity index (χ3v) is 4.56. The summed E-state index contributed by atoms with van der Waals surface area (Å²) >= 11 is 0. The Balaban J connectivity index is 1.72. The summed E-state index contributed by atoms with van der Waals surface area (Å²) in [4.78, 5) is 17.9. The number of ether oxygens (including phenoxy) is 1. The number of nitrogens with one attached hydrogen (secondary N) is 1. The van der Waals surface area contributed by atoms with E-state index in [0.717, 1.165) is 37.2 Å². The second-order valence-electron chi connectivity index (χ2n) is 8.66. The Morgan fingerprint density at radius 2 is 1.83 bits per heavy atom. The van der Waals surface area contributed by atoms with E-state index >= 15 is 0 Å². The highest BCUT2D eigenvalue weighted by Gasteiger charge is 2.22. The number of hydrogen-bond acceptors (Lipinski definition) is 7. The maximum atomic E-state index is 11.6. The zero-order valence-electron chi connectivity index (χ0n) is 19.1. The Morgan fingerprint density at radius 3 is 2.47 bits per heavy atom. The van der Waals surface area contributed by atoms with Crippen LogP contribution in [0.25, 0.3) is 0 Å². The number of hydrogen-bond donors (Lipinski definition) is 1. The highest BCUT2D eigenvalue weighted by atomic mass is 16.6. The van der Waals surface area contributed by atoms with Crippen LogP contribution in [0.15, 0.2) is 46.9 Å². The molecule has 8 nitrogen and oxygen atoms in total. The van der Waals surface area contributed by atoms with E-state index in [0.29, 0.717) is 6.54 Å². The summed E-state index contributed by atoms with van der Waals surface area (Å²) in [6, 6.07) is 8.02. The van der Waals surface area contributed by atoms with Crippen molar-refractivity contribution in [3.05, 3.63) is 36.7 Å². The third-order valence-electron chi connectivity index (χ3n) is 4.56. The minimum atomic E-state index is -0.462. The lowest BCUT2D eigenvalue weighted by atomic mass is 10.2. The monoisotopic (exact) mass is 416 g/mol. The molecule has 8 heteroatoms. The van der Waals surface area contributed by atoms with Crippen LogP contribution in [-0.4, -0.2) is 62.0 Å². The fraction of sp³-hybridized carbons (Fsp3) is 0.591. The first-order valence-corrected chi connectivity index (χ1v) is 10.5. The van der Waals surface area contributed by atoms with Gasteiger partial charge in [-0.1, -0.05) is 0 Å². The van der Waals surface area contributed by atoms with Gasteiger partial charge >= 0.3 is 6.09 Å². The molecule has 0 saturated heterocycles. The largest absolute Gasteiger partial charge is 0.444 e. The summed E-state index contributed by atoms with van der Waals surface area (Å²) in [5.41, 5.74) is 1.52. The zero-order chi connectivity index (χ0) is 22.1. The molecular weight excluding hydrogens is 380 g/mol. The van der Waals surface area contributed by atoms with Gasteiger partial charge in [-0.2, -0.15) is 5.11 Å². The second kappa shape index (κ2) is 10.8. The van der Waals surface area contributed by atoms with Gasteiger partial charge in [0.2, 0.25) is 6.29 Å². The number of alkyl carbamates (subject to hydrolysis) is 1. The number of unbranched alkanes of at least 4 members (excludes halogenated alkanes) is 2. The summed E-state index contributed by atoms with van der Waals surface area (Å²) < 4.78 is 5.23. The van der Waals surface area contributed by atoms with Crippen molar-refractivity contribution in [3.63, 3.8) is 0 Å². The minimum Gasteiger partial charge on any atom is -0.444 e. The molecule has 1 aromatic rings. The Hall–Kier alpha value is -2.77. The maximum absolute atomic E-state index is 11.6. The van der Waals surface area contributed by atoms with Gasteiger partial charge in [0.15, 0.2) is 0 Å². The van der Waals surface area contributed by atoms with E-state index in [9.17, 15) is 4.79 Å². The predicted octanol–water partition coefficient (Wildman–Crippen LogP) is 4.53. The van der Waals surface area contributed by atoms with Crippen molar-refractivity contribution < 1.29 is 9.53 Å². The second-order valence-corrected chi connectivity index (χ2v) is 8.66.